The molecule has 0 aliphatic rings. The Bertz CT molecular complexity index is 373. The highest BCUT2D eigenvalue weighted by Gasteiger charge is 2.11. The Hall–Kier alpha value is -1.17. The van der Waals surface area contributed by atoms with Crippen LogP contribution in [0, 0.1) is 11.7 Å². The lowest BCUT2D eigenvalue weighted by molar-refractivity contribution is 0.0895. The quantitative estimate of drug-likeness (QED) is 0.664. The fourth-order valence-corrected chi connectivity index (χ4v) is 1.44. The van der Waals surface area contributed by atoms with E-state index in [1.54, 1.807) is 12.1 Å². The third-order valence-electron chi connectivity index (χ3n) is 2.77. The van der Waals surface area contributed by atoms with Crippen molar-refractivity contribution in [3.63, 3.8) is 0 Å². The van der Waals surface area contributed by atoms with Crippen molar-refractivity contribution in [2.24, 2.45) is 5.92 Å². The van der Waals surface area contributed by atoms with E-state index in [1.807, 2.05) is 13.8 Å². The van der Waals surface area contributed by atoms with E-state index in [1.165, 1.54) is 12.1 Å². The average molecular weight is 271 g/mol. The summed E-state index contributed by atoms with van der Waals surface area (Å²) < 4.78 is 18.4. The Kier molecular flexibility index (Phi) is 6.77. The van der Waals surface area contributed by atoms with Gasteiger partial charge in [0.2, 0.25) is 0 Å². The van der Waals surface area contributed by atoms with Crippen LogP contribution in [0.1, 0.15) is 13.8 Å². The summed E-state index contributed by atoms with van der Waals surface area (Å²) in [5.74, 6) is -0.152. The van der Waals surface area contributed by atoms with Crippen molar-refractivity contribution in [1.29, 1.82) is 0 Å². The van der Waals surface area contributed by atoms with Gasteiger partial charge in [-0.25, -0.2) is 4.39 Å². The molecule has 19 heavy (non-hydrogen) atoms. The molecule has 4 nitrogen and oxygen atoms in total. The van der Waals surface area contributed by atoms with Crippen LogP contribution in [0.5, 0.6) is 5.75 Å². The third-order valence-corrected chi connectivity index (χ3v) is 2.77. The van der Waals surface area contributed by atoms with Gasteiger partial charge in [0.05, 0.1) is 6.10 Å². The van der Waals surface area contributed by atoms with Gasteiger partial charge in [0, 0.05) is 13.1 Å². The standard InChI is InChI=1S/C14H22FNO3/c1-10(2)13(18)8-16-7-11(17)9-19-14-6-4-3-5-12(14)15/h3-6,10-11,13,16-18H,7-9H2,1-2H3. The molecule has 0 aliphatic carbocycles. The highest BCUT2D eigenvalue weighted by atomic mass is 19.1. The minimum absolute atomic E-state index is 0.00566. The highest BCUT2D eigenvalue weighted by molar-refractivity contribution is 5.23. The highest BCUT2D eigenvalue weighted by Crippen LogP contribution is 2.15. The molecule has 1 rings (SSSR count). The molecular formula is C14H22FNO3. The summed E-state index contributed by atoms with van der Waals surface area (Å²) in [4.78, 5) is 0. The molecule has 5 heteroatoms. The van der Waals surface area contributed by atoms with Gasteiger partial charge < -0.3 is 20.3 Å². The van der Waals surface area contributed by atoms with Crippen molar-refractivity contribution in [2.75, 3.05) is 19.7 Å². The molecule has 0 saturated heterocycles. The molecule has 0 saturated carbocycles. The summed E-state index contributed by atoms with van der Waals surface area (Å²) in [6, 6.07) is 6.06. The summed E-state index contributed by atoms with van der Waals surface area (Å²) in [5.41, 5.74) is 0. The first-order valence-corrected chi connectivity index (χ1v) is 6.45. The maximum Gasteiger partial charge on any atom is 0.165 e. The molecule has 0 aliphatic heterocycles. The van der Waals surface area contributed by atoms with Crippen LogP contribution in [0.4, 0.5) is 4.39 Å². The molecule has 0 amide bonds. The molecule has 0 aromatic heterocycles. The molecular weight excluding hydrogens is 249 g/mol. The van der Waals surface area contributed by atoms with Crippen molar-refractivity contribution in [3.8, 4) is 5.75 Å². The molecule has 2 unspecified atom stereocenters. The van der Waals surface area contributed by atoms with Gasteiger partial charge in [0.15, 0.2) is 11.6 Å². The third kappa shape index (κ3) is 6.00. The predicted octanol–water partition coefficient (Wildman–Crippen LogP) is 1.17. The molecule has 0 radical (unpaired) electrons. The maximum atomic E-state index is 13.2. The topological polar surface area (TPSA) is 61.7 Å². The zero-order chi connectivity index (χ0) is 14.3. The van der Waals surface area contributed by atoms with Crippen molar-refractivity contribution < 1.29 is 19.3 Å². The fourth-order valence-electron chi connectivity index (χ4n) is 1.44. The lowest BCUT2D eigenvalue weighted by Gasteiger charge is -2.17. The van der Waals surface area contributed by atoms with E-state index < -0.39 is 18.0 Å². The summed E-state index contributed by atoms with van der Waals surface area (Å²) in [6.07, 6.45) is -1.20. The Labute approximate surface area is 113 Å². The van der Waals surface area contributed by atoms with Crippen LogP contribution < -0.4 is 10.1 Å². The van der Waals surface area contributed by atoms with E-state index in [9.17, 15) is 14.6 Å². The molecule has 0 fully saturated rings. The minimum Gasteiger partial charge on any atom is -0.488 e. The van der Waals surface area contributed by atoms with Crippen LogP contribution in [-0.4, -0.2) is 42.1 Å². The van der Waals surface area contributed by atoms with Gasteiger partial charge >= 0.3 is 0 Å². The van der Waals surface area contributed by atoms with Crippen LogP contribution >= 0.6 is 0 Å². The van der Waals surface area contributed by atoms with Crippen LogP contribution in [0.3, 0.4) is 0 Å². The SMILES string of the molecule is CC(C)C(O)CNCC(O)COc1ccccc1F. The molecule has 108 valence electrons. The summed E-state index contributed by atoms with van der Waals surface area (Å²) in [7, 11) is 0. The monoisotopic (exact) mass is 271 g/mol. The Balaban J connectivity index is 2.21. The largest absolute Gasteiger partial charge is 0.488 e. The molecule has 1 aromatic rings. The number of aliphatic hydroxyl groups is 2. The molecule has 3 N–H and O–H groups in total. The van der Waals surface area contributed by atoms with Crippen LogP contribution in [-0.2, 0) is 0 Å². The second-order valence-electron chi connectivity index (χ2n) is 4.86. The van der Waals surface area contributed by atoms with Crippen LogP contribution in [0.25, 0.3) is 0 Å². The number of para-hydroxylation sites is 1. The van der Waals surface area contributed by atoms with Crippen LogP contribution in [0.15, 0.2) is 24.3 Å². The first-order chi connectivity index (χ1) is 9.00. The molecule has 0 heterocycles. The lowest BCUT2D eigenvalue weighted by Crippen LogP contribution is -2.37. The number of hydrogen-bond donors (Lipinski definition) is 3. The van der Waals surface area contributed by atoms with Crippen LogP contribution in [0.2, 0.25) is 0 Å². The molecule has 0 spiro atoms. The second-order valence-corrected chi connectivity index (χ2v) is 4.86. The van der Waals surface area contributed by atoms with E-state index in [0.29, 0.717) is 6.54 Å². The van der Waals surface area contributed by atoms with Gasteiger partial charge in [-0.15, -0.1) is 0 Å². The number of hydrogen-bond acceptors (Lipinski definition) is 4. The van der Waals surface area contributed by atoms with Gasteiger partial charge in [0.1, 0.15) is 12.7 Å². The van der Waals surface area contributed by atoms with Crippen molar-refractivity contribution in [2.45, 2.75) is 26.1 Å². The maximum absolute atomic E-state index is 13.2. The predicted molar refractivity (Wildman–Crippen MR) is 71.6 cm³/mol. The van der Waals surface area contributed by atoms with E-state index >= 15 is 0 Å². The molecule has 0 bridgehead atoms. The van der Waals surface area contributed by atoms with Crippen molar-refractivity contribution >= 4 is 0 Å². The lowest BCUT2D eigenvalue weighted by atomic mass is 10.1. The van der Waals surface area contributed by atoms with Gasteiger partial charge in [-0.2, -0.15) is 0 Å². The summed E-state index contributed by atoms with van der Waals surface area (Å²) in [5, 5.41) is 22.2. The fraction of sp³-hybridized carbons (Fsp3) is 0.571. The normalized spacial score (nSPS) is 14.4. The number of benzene rings is 1. The van der Waals surface area contributed by atoms with E-state index in [2.05, 4.69) is 5.32 Å². The first-order valence-electron chi connectivity index (χ1n) is 6.45. The Morgan fingerprint density at radius 2 is 1.89 bits per heavy atom. The Morgan fingerprint density at radius 1 is 1.21 bits per heavy atom. The first kappa shape index (κ1) is 15.9. The number of aliphatic hydroxyl groups excluding tert-OH is 2. The van der Waals surface area contributed by atoms with Gasteiger partial charge in [-0.3, -0.25) is 0 Å². The number of halogens is 1. The van der Waals surface area contributed by atoms with E-state index in [0.717, 1.165) is 0 Å². The minimum atomic E-state index is -0.751. The zero-order valence-electron chi connectivity index (χ0n) is 11.3. The molecule has 2 atom stereocenters. The summed E-state index contributed by atoms with van der Waals surface area (Å²) >= 11 is 0. The van der Waals surface area contributed by atoms with Gasteiger partial charge in [0.25, 0.3) is 0 Å². The molecule has 1 aromatic carbocycles. The number of rotatable bonds is 8. The van der Waals surface area contributed by atoms with E-state index in [-0.39, 0.29) is 24.8 Å². The number of ether oxygens (including phenoxy) is 1. The number of nitrogens with one attached hydrogen (secondary N) is 1. The average Bonchev–Trinajstić information content (AvgIpc) is 2.37. The van der Waals surface area contributed by atoms with Gasteiger partial charge in [-0.05, 0) is 18.1 Å². The summed E-state index contributed by atoms with van der Waals surface area (Å²) in [6.45, 7) is 4.55. The van der Waals surface area contributed by atoms with E-state index in [4.69, 9.17) is 4.74 Å². The second kappa shape index (κ2) is 8.09. The zero-order valence-corrected chi connectivity index (χ0v) is 11.3. The Morgan fingerprint density at radius 3 is 2.53 bits per heavy atom. The smallest absolute Gasteiger partial charge is 0.165 e. The van der Waals surface area contributed by atoms with Gasteiger partial charge in [-0.1, -0.05) is 26.0 Å². The van der Waals surface area contributed by atoms with Crippen molar-refractivity contribution in [1.82, 2.24) is 5.32 Å². The van der Waals surface area contributed by atoms with Crippen molar-refractivity contribution in [3.05, 3.63) is 30.1 Å².